The van der Waals surface area contributed by atoms with Crippen molar-refractivity contribution in [2.24, 2.45) is 0 Å². The van der Waals surface area contributed by atoms with Crippen LogP contribution in [-0.4, -0.2) is 36.7 Å². The van der Waals surface area contributed by atoms with Crippen LogP contribution in [0, 0.1) is 18.8 Å². The molecule has 5 nitrogen and oxygen atoms in total. The van der Waals surface area contributed by atoms with Crippen molar-refractivity contribution >= 4 is 17.5 Å². The van der Waals surface area contributed by atoms with E-state index < -0.39 is 0 Å². The van der Waals surface area contributed by atoms with Gasteiger partial charge in [-0.05, 0) is 30.7 Å². The van der Waals surface area contributed by atoms with Crippen molar-refractivity contribution in [2.45, 2.75) is 6.92 Å². The number of imide groups is 1. The van der Waals surface area contributed by atoms with Gasteiger partial charge in [0.1, 0.15) is 19.8 Å². The quantitative estimate of drug-likeness (QED) is 0.579. The molecule has 1 N–H and O–H groups in total. The molecule has 0 aliphatic carbocycles. The van der Waals surface area contributed by atoms with Crippen molar-refractivity contribution < 1.29 is 19.4 Å². The Kier molecular flexibility index (Phi) is 3.95. The predicted octanol–water partition coefficient (Wildman–Crippen LogP) is 0.229. The van der Waals surface area contributed by atoms with Crippen LogP contribution >= 0.6 is 0 Å². The molecule has 1 aliphatic heterocycles. The van der Waals surface area contributed by atoms with Gasteiger partial charge in [0.05, 0.1) is 5.69 Å². The molecule has 0 atom stereocenters. The number of carbonyl (C=O) groups excluding carboxylic acids is 2. The maximum Gasteiger partial charge on any atom is 0.259 e. The Bertz CT molecular complexity index is 567. The number of hydrogen-bond acceptors (Lipinski definition) is 4. The van der Waals surface area contributed by atoms with Gasteiger partial charge in [-0.3, -0.25) is 9.59 Å². The zero-order chi connectivity index (χ0) is 13.8. The van der Waals surface area contributed by atoms with Crippen molar-refractivity contribution in [1.82, 2.24) is 0 Å². The number of morpholine rings is 1. The molecule has 2 rings (SSSR count). The Morgan fingerprint density at radius 1 is 1.32 bits per heavy atom. The van der Waals surface area contributed by atoms with E-state index in [1.807, 2.05) is 6.92 Å². The topological polar surface area (TPSA) is 66.8 Å². The number of aliphatic hydroxyl groups excluding tert-OH is 1. The van der Waals surface area contributed by atoms with Gasteiger partial charge in [0.15, 0.2) is 0 Å². The van der Waals surface area contributed by atoms with Crippen LogP contribution in [0.3, 0.4) is 0 Å². The van der Waals surface area contributed by atoms with Gasteiger partial charge in [-0.1, -0.05) is 11.8 Å². The third-order valence-electron chi connectivity index (χ3n) is 2.72. The summed E-state index contributed by atoms with van der Waals surface area (Å²) in [5.74, 6) is 4.62. The van der Waals surface area contributed by atoms with Gasteiger partial charge in [0.25, 0.3) is 11.8 Å². The summed E-state index contributed by atoms with van der Waals surface area (Å²) in [6, 6.07) is 5.11. The molecule has 1 aliphatic rings. The van der Waals surface area contributed by atoms with Crippen LogP contribution in [0.25, 0.3) is 0 Å². The van der Waals surface area contributed by atoms with E-state index in [1.54, 1.807) is 18.2 Å². The number of aliphatic hydroxyl groups is 1. The molecule has 1 aromatic rings. The van der Waals surface area contributed by atoms with E-state index in [2.05, 4.69) is 11.8 Å². The molecule has 0 saturated carbocycles. The van der Waals surface area contributed by atoms with Gasteiger partial charge in [0.2, 0.25) is 0 Å². The first-order valence-electron chi connectivity index (χ1n) is 5.77. The van der Waals surface area contributed by atoms with E-state index in [9.17, 15) is 9.59 Å². The Labute approximate surface area is 110 Å². The molecule has 1 saturated heterocycles. The van der Waals surface area contributed by atoms with Crippen LogP contribution in [0.15, 0.2) is 18.2 Å². The largest absolute Gasteiger partial charge is 0.384 e. The second-order valence-corrected chi connectivity index (χ2v) is 4.07. The fraction of sp³-hybridized carbons (Fsp3) is 0.286. The number of anilines is 1. The smallest absolute Gasteiger partial charge is 0.259 e. The van der Waals surface area contributed by atoms with E-state index in [4.69, 9.17) is 9.84 Å². The number of nitrogens with zero attached hydrogens (tertiary/aromatic N) is 1. The normalized spacial score (nSPS) is 15.2. The predicted molar refractivity (Wildman–Crippen MR) is 68.5 cm³/mol. The SMILES string of the molecule is Cc1cc(N2C(=O)COCC2=O)ccc1C#CCO. The Morgan fingerprint density at radius 3 is 2.58 bits per heavy atom. The summed E-state index contributed by atoms with van der Waals surface area (Å²) >= 11 is 0. The highest BCUT2D eigenvalue weighted by molar-refractivity contribution is 6.17. The fourth-order valence-electron chi connectivity index (χ4n) is 1.84. The van der Waals surface area contributed by atoms with Crippen molar-refractivity contribution in [2.75, 3.05) is 24.7 Å². The maximum absolute atomic E-state index is 11.7. The first-order valence-corrected chi connectivity index (χ1v) is 5.77. The zero-order valence-electron chi connectivity index (χ0n) is 10.5. The van der Waals surface area contributed by atoms with Gasteiger partial charge in [-0.15, -0.1) is 0 Å². The standard InChI is InChI=1S/C14H13NO4/c1-10-7-12(5-4-11(10)3-2-6-16)15-13(17)8-19-9-14(15)18/h4-5,7,16H,6,8-9H2,1H3. The highest BCUT2D eigenvalue weighted by atomic mass is 16.5. The highest BCUT2D eigenvalue weighted by Crippen LogP contribution is 2.21. The molecular weight excluding hydrogens is 246 g/mol. The summed E-state index contributed by atoms with van der Waals surface area (Å²) < 4.78 is 4.86. The third kappa shape index (κ3) is 2.81. The minimum Gasteiger partial charge on any atom is -0.384 e. The van der Waals surface area contributed by atoms with E-state index in [0.717, 1.165) is 16.0 Å². The van der Waals surface area contributed by atoms with E-state index in [0.29, 0.717) is 5.69 Å². The van der Waals surface area contributed by atoms with Crippen molar-refractivity contribution in [3.8, 4) is 11.8 Å². The third-order valence-corrected chi connectivity index (χ3v) is 2.72. The first kappa shape index (κ1) is 13.3. The summed E-state index contributed by atoms with van der Waals surface area (Å²) in [6.45, 7) is 1.45. The van der Waals surface area contributed by atoms with Gasteiger partial charge in [0, 0.05) is 5.56 Å². The number of rotatable bonds is 1. The molecule has 0 bridgehead atoms. The van der Waals surface area contributed by atoms with Gasteiger partial charge in [-0.25, -0.2) is 4.90 Å². The van der Waals surface area contributed by atoms with Crippen LogP contribution < -0.4 is 4.90 Å². The molecule has 1 aromatic carbocycles. The molecule has 0 spiro atoms. The van der Waals surface area contributed by atoms with Crippen molar-refractivity contribution in [1.29, 1.82) is 0 Å². The zero-order valence-corrected chi connectivity index (χ0v) is 10.5. The van der Waals surface area contributed by atoms with E-state index in [1.165, 1.54) is 0 Å². The Morgan fingerprint density at radius 2 is 2.00 bits per heavy atom. The second-order valence-electron chi connectivity index (χ2n) is 4.07. The lowest BCUT2D eigenvalue weighted by atomic mass is 10.1. The molecule has 1 heterocycles. The number of ether oxygens (including phenoxy) is 1. The first-order chi connectivity index (χ1) is 9.13. The lowest BCUT2D eigenvalue weighted by Crippen LogP contribution is -2.46. The highest BCUT2D eigenvalue weighted by Gasteiger charge is 2.28. The van der Waals surface area contributed by atoms with Crippen molar-refractivity contribution in [3.63, 3.8) is 0 Å². The lowest BCUT2D eigenvalue weighted by molar-refractivity contribution is -0.138. The molecular formula is C14H13NO4. The van der Waals surface area contributed by atoms with Crippen LogP contribution in [0.2, 0.25) is 0 Å². The summed E-state index contributed by atoms with van der Waals surface area (Å²) in [6.07, 6.45) is 0. The lowest BCUT2D eigenvalue weighted by Gasteiger charge is -2.25. The number of hydrogen-bond donors (Lipinski definition) is 1. The summed E-state index contributed by atoms with van der Waals surface area (Å²) in [5, 5.41) is 8.66. The molecule has 2 amide bonds. The number of aryl methyl sites for hydroxylation is 1. The Balaban J connectivity index is 2.33. The van der Waals surface area contributed by atoms with E-state index in [-0.39, 0.29) is 31.6 Å². The average Bonchev–Trinajstić information content (AvgIpc) is 2.37. The molecule has 19 heavy (non-hydrogen) atoms. The molecule has 0 radical (unpaired) electrons. The average molecular weight is 259 g/mol. The second kappa shape index (κ2) is 5.65. The van der Waals surface area contributed by atoms with Gasteiger partial charge < -0.3 is 9.84 Å². The molecule has 5 heteroatoms. The number of carbonyl (C=O) groups is 2. The van der Waals surface area contributed by atoms with Crippen LogP contribution in [-0.2, 0) is 14.3 Å². The van der Waals surface area contributed by atoms with Crippen LogP contribution in [0.4, 0.5) is 5.69 Å². The molecule has 0 unspecified atom stereocenters. The Hall–Kier alpha value is -2.16. The van der Waals surface area contributed by atoms with Crippen LogP contribution in [0.1, 0.15) is 11.1 Å². The summed E-state index contributed by atoms with van der Waals surface area (Å²) in [7, 11) is 0. The monoisotopic (exact) mass is 259 g/mol. The molecule has 98 valence electrons. The van der Waals surface area contributed by atoms with Gasteiger partial charge in [-0.2, -0.15) is 0 Å². The summed E-state index contributed by atoms with van der Waals surface area (Å²) in [4.78, 5) is 24.5. The molecule has 0 aromatic heterocycles. The maximum atomic E-state index is 11.7. The fourth-order valence-corrected chi connectivity index (χ4v) is 1.84. The molecule has 1 fully saturated rings. The minimum atomic E-state index is -0.371. The minimum absolute atomic E-state index is 0.0865. The van der Waals surface area contributed by atoms with Crippen molar-refractivity contribution in [3.05, 3.63) is 29.3 Å². The van der Waals surface area contributed by atoms with Gasteiger partial charge >= 0.3 is 0 Å². The number of amides is 2. The number of benzene rings is 1. The van der Waals surface area contributed by atoms with E-state index >= 15 is 0 Å². The summed E-state index contributed by atoms with van der Waals surface area (Å²) in [5.41, 5.74) is 2.11. The van der Waals surface area contributed by atoms with Crippen LogP contribution in [0.5, 0.6) is 0 Å².